The third-order valence-corrected chi connectivity index (χ3v) is 7.48. The predicted octanol–water partition coefficient (Wildman–Crippen LogP) is 1.51. The largest absolute Gasteiger partial charge is 0.404 e. The fourth-order valence-corrected chi connectivity index (χ4v) is 2.15. The van der Waals surface area contributed by atoms with E-state index in [1.807, 2.05) is 0 Å². The summed E-state index contributed by atoms with van der Waals surface area (Å²) in [6.07, 6.45) is -0.180. The van der Waals surface area contributed by atoms with E-state index in [1.165, 1.54) is 0 Å². The van der Waals surface area contributed by atoms with Gasteiger partial charge >= 0.3 is 0 Å². The number of amides is 1. The van der Waals surface area contributed by atoms with Gasteiger partial charge < -0.3 is 9.74 Å². The molecule has 1 saturated heterocycles. The minimum absolute atomic E-state index is 0.0461. The summed E-state index contributed by atoms with van der Waals surface area (Å²) in [5.41, 5.74) is 0. The Bertz CT molecular complexity index is 220. The summed E-state index contributed by atoms with van der Waals surface area (Å²) in [7, 11) is -1.74. The maximum absolute atomic E-state index is 11.0. The van der Waals surface area contributed by atoms with E-state index in [-0.39, 0.29) is 17.0 Å². The summed E-state index contributed by atoms with van der Waals surface area (Å²) in [6, 6.07) is 0. The Morgan fingerprint density at radius 2 is 2.00 bits per heavy atom. The molecule has 0 saturated carbocycles. The van der Waals surface area contributed by atoms with E-state index in [0.717, 1.165) is 0 Å². The summed E-state index contributed by atoms with van der Waals surface area (Å²) < 4.78 is 5.88. The molecule has 0 aliphatic carbocycles. The lowest BCUT2D eigenvalue weighted by Gasteiger charge is -2.41. The second-order valence-electron chi connectivity index (χ2n) is 5.11. The van der Waals surface area contributed by atoms with Gasteiger partial charge in [0.25, 0.3) is 0 Å². The third kappa shape index (κ3) is 2.11. The summed E-state index contributed by atoms with van der Waals surface area (Å²) >= 11 is 0. The first-order chi connectivity index (χ1) is 5.74. The van der Waals surface area contributed by atoms with Crippen LogP contribution in [0.4, 0.5) is 0 Å². The Morgan fingerprint density at radius 1 is 1.46 bits per heavy atom. The zero-order valence-corrected chi connectivity index (χ0v) is 10.1. The van der Waals surface area contributed by atoms with Crippen LogP contribution in [0.25, 0.3) is 0 Å². The Balaban J connectivity index is 2.56. The minimum atomic E-state index is -1.74. The molecular formula is C9H19NO2Si. The van der Waals surface area contributed by atoms with Crippen molar-refractivity contribution >= 4 is 14.2 Å². The average molecular weight is 201 g/mol. The molecule has 0 radical (unpaired) electrons. The van der Waals surface area contributed by atoms with Crippen molar-refractivity contribution in [3.05, 3.63) is 0 Å². The van der Waals surface area contributed by atoms with Gasteiger partial charge in [0.2, 0.25) is 5.91 Å². The topological polar surface area (TPSA) is 38.3 Å². The molecule has 1 aliphatic heterocycles. The maximum atomic E-state index is 11.0. The highest BCUT2D eigenvalue weighted by atomic mass is 28.4. The molecule has 1 amide bonds. The zero-order chi connectivity index (χ0) is 10.3. The van der Waals surface area contributed by atoms with Crippen LogP contribution in [-0.2, 0) is 9.22 Å². The van der Waals surface area contributed by atoms with Crippen LogP contribution in [0.15, 0.2) is 0 Å². The van der Waals surface area contributed by atoms with Crippen LogP contribution in [0.1, 0.15) is 20.8 Å². The fraction of sp³-hybridized carbons (Fsp3) is 0.889. The molecule has 0 spiro atoms. The third-order valence-electron chi connectivity index (χ3n) is 3.00. The van der Waals surface area contributed by atoms with Crippen LogP contribution in [0.5, 0.6) is 0 Å². The predicted molar refractivity (Wildman–Crippen MR) is 55.1 cm³/mol. The van der Waals surface area contributed by atoms with Crippen molar-refractivity contribution in [2.24, 2.45) is 0 Å². The van der Waals surface area contributed by atoms with Crippen molar-refractivity contribution < 1.29 is 9.22 Å². The van der Waals surface area contributed by atoms with E-state index >= 15 is 0 Å². The number of nitrogens with one attached hydrogen (secondary N) is 1. The molecule has 13 heavy (non-hydrogen) atoms. The average Bonchev–Trinajstić information content (AvgIpc) is 1.95. The number of carbonyl (C=O) groups excluding carboxylic acids is 1. The molecule has 0 aromatic rings. The molecular weight excluding hydrogens is 182 g/mol. The number of carbonyl (C=O) groups is 1. The Hall–Kier alpha value is -0.353. The van der Waals surface area contributed by atoms with Crippen LogP contribution in [0, 0.1) is 0 Å². The standard InChI is InChI=1S/C9H19NO2Si/c1-9(2,3)13(4,5)12-7-6-10-8(7)11/h7H,6H2,1-5H3,(H,10,11)/t7-/m0/s1. The van der Waals surface area contributed by atoms with Crippen molar-refractivity contribution in [3.8, 4) is 0 Å². The molecule has 4 heteroatoms. The zero-order valence-electron chi connectivity index (χ0n) is 9.10. The summed E-state index contributed by atoms with van der Waals surface area (Å²) in [5, 5.41) is 2.87. The van der Waals surface area contributed by atoms with Gasteiger partial charge in [0, 0.05) is 0 Å². The molecule has 0 aromatic heterocycles. The lowest BCUT2D eigenvalue weighted by Crippen LogP contribution is -2.59. The van der Waals surface area contributed by atoms with E-state index < -0.39 is 8.32 Å². The van der Waals surface area contributed by atoms with Crippen molar-refractivity contribution in [1.29, 1.82) is 0 Å². The van der Waals surface area contributed by atoms with E-state index in [1.54, 1.807) is 0 Å². The molecule has 3 nitrogen and oxygen atoms in total. The molecule has 0 bridgehead atoms. The SMILES string of the molecule is CC(C)(C)[Si](C)(C)O[C@H]1CNC1=O. The lowest BCUT2D eigenvalue weighted by molar-refractivity contribution is -0.135. The number of β-lactam (4-membered cyclic amide) rings is 1. The monoisotopic (exact) mass is 201 g/mol. The summed E-state index contributed by atoms with van der Waals surface area (Å²) in [4.78, 5) is 11.0. The van der Waals surface area contributed by atoms with Gasteiger partial charge in [0.15, 0.2) is 8.32 Å². The van der Waals surface area contributed by atoms with E-state index in [9.17, 15) is 4.79 Å². The quantitative estimate of drug-likeness (QED) is 0.543. The van der Waals surface area contributed by atoms with Gasteiger partial charge in [-0.15, -0.1) is 0 Å². The van der Waals surface area contributed by atoms with Crippen LogP contribution < -0.4 is 5.32 Å². The molecule has 1 rings (SSSR count). The van der Waals surface area contributed by atoms with Crippen molar-refractivity contribution in [3.63, 3.8) is 0 Å². The van der Waals surface area contributed by atoms with Gasteiger partial charge in [-0.2, -0.15) is 0 Å². The van der Waals surface area contributed by atoms with Gasteiger partial charge in [-0.05, 0) is 18.1 Å². The van der Waals surface area contributed by atoms with Crippen LogP contribution in [-0.4, -0.2) is 26.9 Å². The van der Waals surface area contributed by atoms with Gasteiger partial charge in [0.05, 0.1) is 6.54 Å². The van der Waals surface area contributed by atoms with Crippen LogP contribution in [0.3, 0.4) is 0 Å². The first-order valence-corrected chi connectivity index (χ1v) is 7.60. The van der Waals surface area contributed by atoms with Crippen molar-refractivity contribution in [1.82, 2.24) is 5.32 Å². The summed E-state index contributed by atoms with van der Waals surface area (Å²) in [5.74, 6) is 0.0461. The highest BCUT2D eigenvalue weighted by molar-refractivity contribution is 6.74. The first-order valence-electron chi connectivity index (χ1n) is 4.69. The molecule has 0 unspecified atom stereocenters. The number of rotatable bonds is 2. The Kier molecular flexibility index (Phi) is 2.56. The molecule has 1 heterocycles. The van der Waals surface area contributed by atoms with Crippen LogP contribution in [0.2, 0.25) is 18.1 Å². The smallest absolute Gasteiger partial charge is 0.249 e. The van der Waals surface area contributed by atoms with Crippen molar-refractivity contribution in [2.45, 2.75) is 45.0 Å². The van der Waals surface area contributed by atoms with Gasteiger partial charge in [-0.3, -0.25) is 4.79 Å². The molecule has 1 atom stereocenters. The minimum Gasteiger partial charge on any atom is -0.404 e. The Labute approximate surface area is 81.0 Å². The molecule has 1 N–H and O–H groups in total. The van der Waals surface area contributed by atoms with Gasteiger partial charge in [-0.1, -0.05) is 20.8 Å². The number of hydrogen-bond donors (Lipinski definition) is 1. The summed E-state index contributed by atoms with van der Waals surface area (Å²) in [6.45, 7) is 11.5. The highest BCUT2D eigenvalue weighted by Crippen LogP contribution is 2.37. The van der Waals surface area contributed by atoms with Gasteiger partial charge in [-0.25, -0.2) is 0 Å². The second-order valence-corrected chi connectivity index (χ2v) is 9.87. The molecule has 0 aromatic carbocycles. The maximum Gasteiger partial charge on any atom is 0.249 e. The normalized spacial score (nSPS) is 23.8. The molecule has 76 valence electrons. The van der Waals surface area contributed by atoms with E-state index in [0.29, 0.717) is 6.54 Å². The van der Waals surface area contributed by atoms with Gasteiger partial charge in [0.1, 0.15) is 6.10 Å². The fourth-order valence-electron chi connectivity index (χ4n) is 0.896. The molecule has 1 fully saturated rings. The molecule has 1 aliphatic rings. The van der Waals surface area contributed by atoms with E-state index in [4.69, 9.17) is 4.43 Å². The number of hydrogen-bond acceptors (Lipinski definition) is 2. The second kappa shape index (κ2) is 3.10. The van der Waals surface area contributed by atoms with Crippen molar-refractivity contribution in [2.75, 3.05) is 6.54 Å². The van der Waals surface area contributed by atoms with Crippen LogP contribution >= 0.6 is 0 Å². The first kappa shape index (κ1) is 10.7. The Morgan fingerprint density at radius 3 is 2.23 bits per heavy atom. The van der Waals surface area contributed by atoms with E-state index in [2.05, 4.69) is 39.2 Å². The lowest BCUT2D eigenvalue weighted by atomic mass is 10.2. The highest BCUT2D eigenvalue weighted by Gasteiger charge is 2.42.